The number of nitrogens with zero attached hydrogens (tertiary/aromatic N) is 2. The molecule has 5 heteroatoms. The van der Waals surface area contributed by atoms with Crippen molar-refractivity contribution < 1.29 is 4.79 Å². The van der Waals surface area contributed by atoms with Crippen LogP contribution < -0.4 is 10.7 Å². The molecule has 3 rings (SSSR count). The summed E-state index contributed by atoms with van der Waals surface area (Å²) in [5.41, 5.74) is -0.0278. The maximum atomic E-state index is 12.2. The van der Waals surface area contributed by atoms with Crippen molar-refractivity contribution in [2.45, 2.75) is 19.0 Å². The predicted molar refractivity (Wildman–Crippen MR) is 67.2 cm³/mol. The molecule has 3 heterocycles. The summed E-state index contributed by atoms with van der Waals surface area (Å²) < 4.78 is 1.76. The van der Waals surface area contributed by atoms with Gasteiger partial charge in [0.1, 0.15) is 6.54 Å². The zero-order chi connectivity index (χ0) is 12.5. The van der Waals surface area contributed by atoms with E-state index in [0.717, 1.165) is 26.1 Å². The van der Waals surface area contributed by atoms with Gasteiger partial charge in [-0.3, -0.25) is 9.59 Å². The molecule has 2 atom stereocenters. The van der Waals surface area contributed by atoms with Crippen LogP contribution in [0.4, 0.5) is 0 Å². The molecule has 0 radical (unpaired) electrons. The highest BCUT2D eigenvalue weighted by atomic mass is 16.2. The van der Waals surface area contributed by atoms with Crippen molar-refractivity contribution in [2.24, 2.45) is 5.92 Å². The quantitative estimate of drug-likeness (QED) is 0.778. The molecule has 5 nitrogen and oxygen atoms in total. The molecular weight excluding hydrogens is 230 g/mol. The van der Waals surface area contributed by atoms with Gasteiger partial charge in [-0.2, -0.15) is 0 Å². The van der Waals surface area contributed by atoms with Crippen LogP contribution in [0.15, 0.2) is 29.3 Å². The van der Waals surface area contributed by atoms with E-state index in [1.54, 1.807) is 17.0 Å². The molecule has 1 aromatic rings. The van der Waals surface area contributed by atoms with Gasteiger partial charge in [0, 0.05) is 50.2 Å². The lowest BCUT2D eigenvalue weighted by Gasteiger charge is -2.23. The molecule has 1 amide bonds. The number of likely N-dealkylation sites (tertiary alicyclic amines) is 1. The number of rotatable bonds is 2. The summed E-state index contributed by atoms with van der Waals surface area (Å²) in [6, 6.07) is 3.34. The van der Waals surface area contributed by atoms with Crippen LogP contribution in [0.2, 0.25) is 0 Å². The fourth-order valence-corrected chi connectivity index (χ4v) is 2.95. The number of carbonyl (C=O) groups is 1. The maximum absolute atomic E-state index is 12.2. The Morgan fingerprint density at radius 1 is 1.33 bits per heavy atom. The molecule has 2 fully saturated rings. The summed E-state index contributed by atoms with van der Waals surface area (Å²) in [6.07, 6.45) is 4.44. The first-order valence-corrected chi connectivity index (χ1v) is 6.40. The molecule has 1 N–H and O–H groups in total. The second kappa shape index (κ2) is 4.57. The molecule has 0 aliphatic carbocycles. The molecule has 96 valence electrons. The van der Waals surface area contributed by atoms with E-state index < -0.39 is 0 Å². The van der Waals surface area contributed by atoms with Gasteiger partial charge in [0.2, 0.25) is 5.91 Å². The SMILES string of the molecule is O=C(Cn1ccc(=O)cc1)N1CC[C@H]2CNC[C@H]21. The Morgan fingerprint density at radius 3 is 2.89 bits per heavy atom. The van der Waals surface area contributed by atoms with E-state index in [1.165, 1.54) is 12.1 Å². The Labute approximate surface area is 105 Å². The van der Waals surface area contributed by atoms with Gasteiger partial charge < -0.3 is 14.8 Å². The van der Waals surface area contributed by atoms with Crippen LogP contribution >= 0.6 is 0 Å². The normalized spacial score (nSPS) is 26.3. The number of carbonyl (C=O) groups excluding carboxylic acids is 1. The van der Waals surface area contributed by atoms with Crippen LogP contribution in [0.1, 0.15) is 6.42 Å². The number of aromatic nitrogens is 1. The summed E-state index contributed by atoms with van der Waals surface area (Å²) in [6.45, 7) is 3.15. The highest BCUT2D eigenvalue weighted by Crippen LogP contribution is 2.27. The van der Waals surface area contributed by atoms with Gasteiger partial charge >= 0.3 is 0 Å². The van der Waals surface area contributed by atoms with Crippen LogP contribution in [0.25, 0.3) is 0 Å². The fraction of sp³-hybridized carbons (Fsp3) is 0.538. The van der Waals surface area contributed by atoms with Crippen molar-refractivity contribution in [1.82, 2.24) is 14.8 Å². The topological polar surface area (TPSA) is 54.3 Å². The lowest BCUT2D eigenvalue weighted by molar-refractivity contribution is -0.132. The van der Waals surface area contributed by atoms with Gasteiger partial charge in [-0.05, 0) is 12.3 Å². The Bertz CT molecular complexity index is 491. The van der Waals surface area contributed by atoms with Crippen LogP contribution in [0, 0.1) is 5.92 Å². The van der Waals surface area contributed by atoms with Crippen LogP contribution in [0.3, 0.4) is 0 Å². The maximum Gasteiger partial charge on any atom is 0.242 e. The smallest absolute Gasteiger partial charge is 0.242 e. The van der Waals surface area contributed by atoms with Crippen LogP contribution in [-0.2, 0) is 11.3 Å². The van der Waals surface area contributed by atoms with Gasteiger partial charge in [-0.15, -0.1) is 0 Å². The average Bonchev–Trinajstić information content (AvgIpc) is 2.93. The molecule has 0 unspecified atom stereocenters. The van der Waals surface area contributed by atoms with Gasteiger partial charge in [0.05, 0.1) is 0 Å². The summed E-state index contributed by atoms with van der Waals surface area (Å²) >= 11 is 0. The summed E-state index contributed by atoms with van der Waals surface area (Å²) in [4.78, 5) is 25.2. The first-order chi connectivity index (χ1) is 8.74. The minimum absolute atomic E-state index is 0.0278. The Hall–Kier alpha value is -1.62. The summed E-state index contributed by atoms with van der Waals surface area (Å²) in [7, 11) is 0. The van der Waals surface area contributed by atoms with Gasteiger partial charge in [-0.1, -0.05) is 0 Å². The molecule has 2 aliphatic heterocycles. The van der Waals surface area contributed by atoms with Gasteiger partial charge in [0.25, 0.3) is 0 Å². The van der Waals surface area contributed by atoms with E-state index in [-0.39, 0.29) is 11.3 Å². The van der Waals surface area contributed by atoms with Crippen molar-refractivity contribution in [1.29, 1.82) is 0 Å². The van der Waals surface area contributed by atoms with Crippen LogP contribution in [0.5, 0.6) is 0 Å². The Kier molecular flexibility index (Phi) is 2.91. The standard InChI is InChI=1S/C13H17N3O2/c17-11-2-4-15(5-3-11)9-13(18)16-6-1-10-7-14-8-12(10)16/h2-5,10,12,14H,1,6-9H2/t10-,12+/m0/s1. The minimum atomic E-state index is -0.0278. The number of hydrogen-bond donors (Lipinski definition) is 1. The third-order valence-corrected chi connectivity index (χ3v) is 3.94. The first-order valence-electron chi connectivity index (χ1n) is 6.40. The fourth-order valence-electron chi connectivity index (χ4n) is 2.95. The highest BCUT2D eigenvalue weighted by molar-refractivity contribution is 5.76. The van der Waals surface area contributed by atoms with Gasteiger partial charge in [0.15, 0.2) is 5.43 Å². The third kappa shape index (κ3) is 2.06. The Morgan fingerprint density at radius 2 is 2.11 bits per heavy atom. The second-order valence-corrected chi connectivity index (χ2v) is 5.07. The second-order valence-electron chi connectivity index (χ2n) is 5.07. The van der Waals surface area contributed by atoms with Gasteiger partial charge in [-0.25, -0.2) is 0 Å². The van der Waals surface area contributed by atoms with E-state index in [1.807, 2.05) is 4.90 Å². The van der Waals surface area contributed by atoms with E-state index in [4.69, 9.17) is 0 Å². The van der Waals surface area contributed by atoms with Crippen molar-refractivity contribution in [3.63, 3.8) is 0 Å². The number of amides is 1. The lowest BCUT2D eigenvalue weighted by Crippen LogP contribution is -2.40. The monoisotopic (exact) mass is 247 g/mol. The van der Waals surface area contributed by atoms with Crippen molar-refractivity contribution in [3.05, 3.63) is 34.7 Å². The number of fused-ring (bicyclic) bond motifs is 1. The van der Waals surface area contributed by atoms with E-state index >= 15 is 0 Å². The molecular formula is C13H17N3O2. The Balaban J connectivity index is 1.68. The highest BCUT2D eigenvalue weighted by Gasteiger charge is 2.39. The first kappa shape index (κ1) is 11.5. The van der Waals surface area contributed by atoms with Crippen molar-refractivity contribution >= 4 is 5.91 Å². The average molecular weight is 247 g/mol. The molecule has 0 bridgehead atoms. The number of nitrogens with one attached hydrogen (secondary N) is 1. The summed E-state index contributed by atoms with van der Waals surface area (Å²) in [5.74, 6) is 0.776. The molecule has 0 spiro atoms. The molecule has 0 aromatic carbocycles. The molecule has 0 saturated carbocycles. The molecule has 18 heavy (non-hydrogen) atoms. The molecule has 1 aromatic heterocycles. The van der Waals surface area contributed by atoms with Crippen molar-refractivity contribution in [2.75, 3.05) is 19.6 Å². The zero-order valence-corrected chi connectivity index (χ0v) is 10.2. The minimum Gasteiger partial charge on any atom is -0.345 e. The van der Waals surface area contributed by atoms with Crippen LogP contribution in [-0.4, -0.2) is 41.1 Å². The zero-order valence-electron chi connectivity index (χ0n) is 10.2. The predicted octanol–water partition coefficient (Wildman–Crippen LogP) is -0.331. The largest absolute Gasteiger partial charge is 0.345 e. The van der Waals surface area contributed by atoms with E-state index in [2.05, 4.69) is 5.32 Å². The molecule has 2 aliphatic rings. The molecule has 2 saturated heterocycles. The van der Waals surface area contributed by atoms with E-state index in [0.29, 0.717) is 18.5 Å². The van der Waals surface area contributed by atoms with E-state index in [9.17, 15) is 9.59 Å². The lowest BCUT2D eigenvalue weighted by atomic mass is 10.1. The number of pyridine rings is 1. The third-order valence-electron chi connectivity index (χ3n) is 3.94. The van der Waals surface area contributed by atoms with Crippen molar-refractivity contribution in [3.8, 4) is 0 Å². The summed E-state index contributed by atoms with van der Waals surface area (Å²) in [5, 5.41) is 3.34. The number of hydrogen-bond acceptors (Lipinski definition) is 3.